The van der Waals surface area contributed by atoms with E-state index in [1.807, 2.05) is 25.1 Å². The van der Waals surface area contributed by atoms with Crippen molar-refractivity contribution in [3.8, 4) is 0 Å². The minimum Gasteiger partial charge on any atom is -0.370 e. The van der Waals surface area contributed by atoms with Crippen LogP contribution in [-0.4, -0.2) is 93.8 Å². The van der Waals surface area contributed by atoms with Crippen LogP contribution < -0.4 is 10.6 Å². The number of likely N-dealkylation sites (tertiary alicyclic amines) is 1. The van der Waals surface area contributed by atoms with Crippen molar-refractivity contribution in [3.63, 3.8) is 0 Å². The van der Waals surface area contributed by atoms with E-state index in [2.05, 4.69) is 38.4 Å². The van der Waals surface area contributed by atoms with Crippen LogP contribution >= 0.6 is 0 Å². The zero-order valence-corrected chi connectivity index (χ0v) is 21.3. The standard InChI is InChI=1S/C25H39N9O/c1-18-22(17-34(30-18)20-8-14-31(2)15-9-20)28-24-27-16-21(19-6-7-19)23(29-24)26-10-4-12-33-13-5-11-32(3)25(33)35/h16-17,19-20H,4-15H2,1-3H3,(H2,26,27,28,29). The van der Waals surface area contributed by atoms with E-state index in [0.29, 0.717) is 17.9 Å². The van der Waals surface area contributed by atoms with E-state index >= 15 is 0 Å². The average Bonchev–Trinajstić information content (AvgIpc) is 3.63. The highest BCUT2D eigenvalue weighted by Gasteiger charge is 2.28. The fourth-order valence-electron chi connectivity index (χ4n) is 5.07. The molecule has 0 aromatic carbocycles. The first-order valence-electron chi connectivity index (χ1n) is 13.1. The molecular weight excluding hydrogens is 442 g/mol. The van der Waals surface area contributed by atoms with Gasteiger partial charge in [0.05, 0.1) is 17.4 Å². The van der Waals surface area contributed by atoms with Crippen molar-refractivity contribution in [3.05, 3.63) is 23.7 Å². The molecule has 4 heterocycles. The van der Waals surface area contributed by atoms with Crippen LogP contribution in [0.4, 0.5) is 22.2 Å². The van der Waals surface area contributed by atoms with Crippen LogP contribution in [0.15, 0.2) is 12.4 Å². The van der Waals surface area contributed by atoms with Crippen molar-refractivity contribution >= 4 is 23.5 Å². The summed E-state index contributed by atoms with van der Waals surface area (Å²) in [5, 5.41) is 11.7. The normalized spacial score (nSPS) is 19.9. The van der Waals surface area contributed by atoms with E-state index in [4.69, 9.17) is 10.1 Å². The second-order valence-electron chi connectivity index (χ2n) is 10.4. The van der Waals surface area contributed by atoms with Crippen LogP contribution in [0.25, 0.3) is 0 Å². The number of aromatic nitrogens is 4. The molecule has 0 spiro atoms. The van der Waals surface area contributed by atoms with Crippen LogP contribution in [0.5, 0.6) is 0 Å². The number of rotatable bonds is 9. The smallest absolute Gasteiger partial charge is 0.319 e. The Hall–Kier alpha value is -2.88. The Labute approximate surface area is 208 Å². The van der Waals surface area contributed by atoms with Crippen molar-refractivity contribution in [2.45, 2.75) is 57.4 Å². The summed E-state index contributed by atoms with van der Waals surface area (Å²) in [6, 6.07) is 0.585. The fraction of sp³-hybridized carbons (Fsp3) is 0.680. The average molecular weight is 482 g/mol. The molecular formula is C25H39N9O. The quantitative estimate of drug-likeness (QED) is 0.530. The van der Waals surface area contributed by atoms with Gasteiger partial charge in [0.2, 0.25) is 5.95 Å². The first-order valence-corrected chi connectivity index (χ1v) is 13.1. The molecule has 0 bridgehead atoms. The van der Waals surface area contributed by atoms with Crippen molar-refractivity contribution in [1.29, 1.82) is 0 Å². The molecule has 1 aliphatic carbocycles. The molecule has 2 N–H and O–H groups in total. The van der Waals surface area contributed by atoms with Gasteiger partial charge in [-0.1, -0.05) is 0 Å². The monoisotopic (exact) mass is 481 g/mol. The van der Waals surface area contributed by atoms with E-state index in [9.17, 15) is 4.79 Å². The Bertz CT molecular complexity index is 1030. The van der Waals surface area contributed by atoms with Crippen LogP contribution in [0.1, 0.15) is 61.7 Å². The van der Waals surface area contributed by atoms with Gasteiger partial charge in [-0.25, -0.2) is 9.78 Å². The number of aryl methyl sites for hydroxylation is 1. The molecule has 2 aliphatic heterocycles. The number of piperidine rings is 1. The Kier molecular flexibility index (Phi) is 7.08. The van der Waals surface area contributed by atoms with E-state index in [0.717, 1.165) is 82.2 Å². The topological polar surface area (TPSA) is 94.5 Å². The molecule has 3 fully saturated rings. The predicted molar refractivity (Wildman–Crippen MR) is 137 cm³/mol. The van der Waals surface area contributed by atoms with Gasteiger partial charge in [0.25, 0.3) is 0 Å². The molecule has 10 nitrogen and oxygen atoms in total. The second kappa shape index (κ2) is 10.4. The molecule has 5 rings (SSSR count). The third-order valence-electron chi connectivity index (χ3n) is 7.48. The Morgan fingerprint density at radius 1 is 1.09 bits per heavy atom. The van der Waals surface area contributed by atoms with Gasteiger partial charge in [0, 0.05) is 51.2 Å². The number of hydrogen-bond donors (Lipinski definition) is 2. The molecule has 2 aromatic heterocycles. The zero-order valence-electron chi connectivity index (χ0n) is 21.3. The lowest BCUT2D eigenvalue weighted by Crippen LogP contribution is -2.47. The molecule has 2 saturated heterocycles. The maximum Gasteiger partial charge on any atom is 0.319 e. The lowest BCUT2D eigenvalue weighted by atomic mass is 10.1. The molecule has 35 heavy (non-hydrogen) atoms. The van der Waals surface area contributed by atoms with Crippen LogP contribution in [0.3, 0.4) is 0 Å². The first kappa shape index (κ1) is 23.8. The third-order valence-corrected chi connectivity index (χ3v) is 7.48. The molecule has 2 aromatic rings. The molecule has 0 unspecified atom stereocenters. The van der Waals surface area contributed by atoms with Gasteiger partial charge in [-0.3, -0.25) is 4.68 Å². The summed E-state index contributed by atoms with van der Waals surface area (Å²) in [4.78, 5) is 27.9. The van der Waals surface area contributed by atoms with Crippen molar-refractivity contribution in [1.82, 2.24) is 34.4 Å². The number of urea groups is 1. The minimum absolute atomic E-state index is 0.139. The SMILES string of the molecule is Cc1nn(C2CCN(C)CC2)cc1Nc1ncc(C2CC2)c(NCCCN2CCCN(C)C2=O)n1. The van der Waals surface area contributed by atoms with Crippen molar-refractivity contribution in [2.24, 2.45) is 0 Å². The summed E-state index contributed by atoms with van der Waals surface area (Å²) in [6.45, 7) is 7.49. The van der Waals surface area contributed by atoms with Gasteiger partial charge < -0.3 is 25.3 Å². The van der Waals surface area contributed by atoms with Gasteiger partial charge in [-0.05, 0) is 71.5 Å². The molecule has 2 amide bonds. The van der Waals surface area contributed by atoms with Gasteiger partial charge in [-0.2, -0.15) is 10.1 Å². The van der Waals surface area contributed by atoms with E-state index in [-0.39, 0.29) is 6.03 Å². The third kappa shape index (κ3) is 5.69. The van der Waals surface area contributed by atoms with Crippen molar-refractivity contribution < 1.29 is 4.79 Å². The molecule has 1 saturated carbocycles. The van der Waals surface area contributed by atoms with E-state index in [1.165, 1.54) is 18.4 Å². The van der Waals surface area contributed by atoms with Crippen molar-refractivity contribution in [2.75, 3.05) is 64.0 Å². The van der Waals surface area contributed by atoms with Crippen LogP contribution in [0.2, 0.25) is 0 Å². The highest BCUT2D eigenvalue weighted by atomic mass is 16.2. The number of nitrogens with zero attached hydrogens (tertiary/aromatic N) is 7. The largest absolute Gasteiger partial charge is 0.370 e. The van der Waals surface area contributed by atoms with Crippen LogP contribution in [-0.2, 0) is 0 Å². The van der Waals surface area contributed by atoms with Gasteiger partial charge in [0.15, 0.2) is 0 Å². The van der Waals surface area contributed by atoms with E-state index in [1.54, 1.807) is 4.90 Å². The summed E-state index contributed by atoms with van der Waals surface area (Å²) in [7, 11) is 4.06. The summed E-state index contributed by atoms with van der Waals surface area (Å²) >= 11 is 0. The minimum atomic E-state index is 0.139. The number of nitrogens with one attached hydrogen (secondary N) is 2. The summed E-state index contributed by atoms with van der Waals surface area (Å²) in [5.74, 6) is 2.06. The number of hydrogen-bond acceptors (Lipinski definition) is 7. The van der Waals surface area contributed by atoms with Gasteiger partial charge in [-0.15, -0.1) is 0 Å². The molecule has 0 atom stereocenters. The summed E-state index contributed by atoms with van der Waals surface area (Å²) in [6.07, 6.45) is 10.6. The predicted octanol–water partition coefficient (Wildman–Crippen LogP) is 3.43. The van der Waals surface area contributed by atoms with Crippen LogP contribution in [0, 0.1) is 6.92 Å². The lowest BCUT2D eigenvalue weighted by molar-refractivity contribution is 0.141. The molecule has 10 heteroatoms. The Morgan fingerprint density at radius 3 is 2.66 bits per heavy atom. The Balaban J connectivity index is 1.21. The van der Waals surface area contributed by atoms with Gasteiger partial charge >= 0.3 is 6.03 Å². The first-order chi connectivity index (χ1) is 17.0. The number of amides is 2. The number of carbonyl (C=O) groups is 1. The maximum absolute atomic E-state index is 12.3. The summed E-state index contributed by atoms with van der Waals surface area (Å²) in [5.41, 5.74) is 3.12. The number of anilines is 3. The summed E-state index contributed by atoms with van der Waals surface area (Å²) < 4.78 is 2.11. The van der Waals surface area contributed by atoms with Gasteiger partial charge in [0.1, 0.15) is 5.82 Å². The number of carbonyl (C=O) groups excluding carboxylic acids is 1. The molecule has 190 valence electrons. The highest BCUT2D eigenvalue weighted by molar-refractivity contribution is 5.74. The maximum atomic E-state index is 12.3. The van der Waals surface area contributed by atoms with E-state index < -0.39 is 0 Å². The fourth-order valence-corrected chi connectivity index (χ4v) is 5.07. The lowest BCUT2D eigenvalue weighted by Gasteiger charge is -2.33. The molecule has 0 radical (unpaired) electrons. The zero-order chi connectivity index (χ0) is 24.4. The Morgan fingerprint density at radius 2 is 1.89 bits per heavy atom. The highest BCUT2D eigenvalue weighted by Crippen LogP contribution is 2.43. The second-order valence-corrected chi connectivity index (χ2v) is 10.4. The molecule has 3 aliphatic rings.